The number of nitrogens with zero attached hydrogens (tertiary/aromatic N) is 1. The van der Waals surface area contributed by atoms with Crippen molar-refractivity contribution in [1.29, 1.82) is 0 Å². The number of piperazine rings is 1. The van der Waals surface area contributed by atoms with E-state index in [1.165, 1.54) is 37.2 Å². The summed E-state index contributed by atoms with van der Waals surface area (Å²) in [6.07, 6.45) is 4.31. The molecule has 110 valence electrons. The van der Waals surface area contributed by atoms with Gasteiger partial charge in [-0.25, -0.2) is 0 Å². The number of hydrogen-bond acceptors (Lipinski definition) is 3. The van der Waals surface area contributed by atoms with Crippen LogP contribution < -0.4 is 5.32 Å². The third-order valence-corrected chi connectivity index (χ3v) is 5.27. The molecule has 2 fully saturated rings. The lowest BCUT2D eigenvalue weighted by Crippen LogP contribution is -2.47. The number of rotatable bonds is 3. The summed E-state index contributed by atoms with van der Waals surface area (Å²) in [5.74, 6) is 0.922. The summed E-state index contributed by atoms with van der Waals surface area (Å²) >= 11 is 2.01. The number of nitrogens with one attached hydrogen (secondary N) is 1. The van der Waals surface area contributed by atoms with Gasteiger partial charge in [-0.05, 0) is 37.8 Å². The Kier molecular flexibility index (Phi) is 7.12. The van der Waals surface area contributed by atoms with Gasteiger partial charge in [0.2, 0.25) is 0 Å². The molecule has 2 heterocycles. The van der Waals surface area contributed by atoms with Crippen LogP contribution in [0.1, 0.15) is 35.1 Å². The first-order valence-corrected chi connectivity index (χ1v) is 7.67. The van der Waals surface area contributed by atoms with Crippen molar-refractivity contribution in [3.8, 4) is 0 Å². The maximum atomic E-state index is 3.46. The van der Waals surface area contributed by atoms with Crippen molar-refractivity contribution in [3.05, 3.63) is 21.9 Å². The van der Waals surface area contributed by atoms with Gasteiger partial charge >= 0.3 is 0 Å². The molecule has 5 heteroatoms. The Morgan fingerprint density at radius 3 is 2.37 bits per heavy atom. The molecular formula is C14H24Cl2N2S. The second-order valence-corrected chi connectivity index (χ2v) is 6.69. The summed E-state index contributed by atoms with van der Waals surface area (Å²) in [5, 5.41) is 3.46. The van der Waals surface area contributed by atoms with Crippen LogP contribution in [0.15, 0.2) is 12.1 Å². The SMILES string of the molecule is Cc1ccc([C@H](C2CCC2)N2CCNCC2)s1.Cl.Cl. The van der Waals surface area contributed by atoms with Crippen molar-refractivity contribution < 1.29 is 0 Å². The molecule has 2 nitrogen and oxygen atoms in total. The minimum absolute atomic E-state index is 0. The fraction of sp³-hybridized carbons (Fsp3) is 0.714. The number of halogens is 2. The summed E-state index contributed by atoms with van der Waals surface area (Å²) in [6, 6.07) is 5.36. The van der Waals surface area contributed by atoms with Crippen LogP contribution in [-0.4, -0.2) is 31.1 Å². The molecule has 1 atom stereocenters. The van der Waals surface area contributed by atoms with Crippen molar-refractivity contribution in [1.82, 2.24) is 10.2 Å². The predicted molar refractivity (Wildman–Crippen MR) is 88.1 cm³/mol. The smallest absolute Gasteiger partial charge is 0.0470 e. The van der Waals surface area contributed by atoms with Gasteiger partial charge in [0.05, 0.1) is 0 Å². The Labute approximate surface area is 132 Å². The average molecular weight is 323 g/mol. The van der Waals surface area contributed by atoms with Crippen molar-refractivity contribution in [3.63, 3.8) is 0 Å². The van der Waals surface area contributed by atoms with Crippen LogP contribution in [0, 0.1) is 12.8 Å². The lowest BCUT2D eigenvalue weighted by molar-refractivity contribution is 0.0861. The molecule has 0 spiro atoms. The quantitative estimate of drug-likeness (QED) is 0.913. The Morgan fingerprint density at radius 2 is 1.89 bits per heavy atom. The van der Waals surface area contributed by atoms with Crippen LogP contribution in [0.5, 0.6) is 0 Å². The molecule has 0 unspecified atom stereocenters. The summed E-state index contributed by atoms with van der Waals surface area (Å²) in [4.78, 5) is 5.78. The van der Waals surface area contributed by atoms with E-state index in [1.807, 2.05) is 11.3 Å². The van der Waals surface area contributed by atoms with Gasteiger partial charge in [-0.2, -0.15) is 0 Å². The van der Waals surface area contributed by atoms with Crippen LogP contribution in [0.2, 0.25) is 0 Å². The van der Waals surface area contributed by atoms with Gasteiger partial charge in [0.25, 0.3) is 0 Å². The standard InChI is InChI=1S/C14H22N2S.2ClH/c1-11-5-6-13(17-11)14(12-3-2-4-12)16-9-7-15-8-10-16;;/h5-6,12,14-15H,2-4,7-10H2,1H3;2*1H/t14-;;/m0../s1. The summed E-state index contributed by atoms with van der Waals surface area (Å²) in [7, 11) is 0. The van der Waals surface area contributed by atoms with Crippen LogP contribution in [0.4, 0.5) is 0 Å². The van der Waals surface area contributed by atoms with E-state index in [0.717, 1.165) is 19.0 Å². The molecule has 0 radical (unpaired) electrons. The molecule has 1 aliphatic carbocycles. The minimum atomic E-state index is 0. The normalized spacial score (nSPS) is 21.9. The van der Waals surface area contributed by atoms with E-state index in [4.69, 9.17) is 0 Å². The van der Waals surface area contributed by atoms with E-state index < -0.39 is 0 Å². The topological polar surface area (TPSA) is 15.3 Å². The van der Waals surface area contributed by atoms with Gasteiger partial charge in [0.15, 0.2) is 0 Å². The molecule has 1 saturated carbocycles. The third-order valence-electron chi connectivity index (χ3n) is 4.19. The summed E-state index contributed by atoms with van der Waals surface area (Å²) < 4.78 is 0. The molecule has 19 heavy (non-hydrogen) atoms. The van der Waals surface area contributed by atoms with Crippen molar-refractivity contribution in [2.45, 2.75) is 32.2 Å². The van der Waals surface area contributed by atoms with Gasteiger partial charge in [0.1, 0.15) is 0 Å². The first-order chi connectivity index (χ1) is 8.34. The molecule has 1 aliphatic heterocycles. The molecule has 3 rings (SSSR count). The van der Waals surface area contributed by atoms with Crippen LogP contribution in [0.3, 0.4) is 0 Å². The average Bonchev–Trinajstić information content (AvgIpc) is 2.71. The highest BCUT2D eigenvalue weighted by atomic mass is 35.5. The zero-order valence-electron chi connectivity index (χ0n) is 11.4. The minimum Gasteiger partial charge on any atom is -0.314 e. The largest absolute Gasteiger partial charge is 0.314 e. The van der Waals surface area contributed by atoms with Crippen LogP contribution in [0.25, 0.3) is 0 Å². The molecule has 2 aliphatic rings. The maximum absolute atomic E-state index is 3.46. The Hall–Kier alpha value is 0.200. The Morgan fingerprint density at radius 1 is 1.21 bits per heavy atom. The van der Waals surface area contributed by atoms with Gasteiger partial charge in [-0.15, -0.1) is 36.2 Å². The fourth-order valence-electron chi connectivity index (χ4n) is 3.04. The monoisotopic (exact) mass is 322 g/mol. The van der Waals surface area contributed by atoms with Crippen LogP contribution in [-0.2, 0) is 0 Å². The molecule has 1 N–H and O–H groups in total. The van der Waals surface area contributed by atoms with E-state index in [2.05, 4.69) is 29.3 Å². The first-order valence-electron chi connectivity index (χ1n) is 6.86. The molecule has 0 amide bonds. The van der Waals surface area contributed by atoms with Gasteiger partial charge in [-0.3, -0.25) is 4.90 Å². The number of aryl methyl sites for hydroxylation is 1. The molecular weight excluding hydrogens is 299 g/mol. The fourth-order valence-corrected chi connectivity index (χ4v) is 4.14. The second kappa shape index (κ2) is 7.84. The third kappa shape index (κ3) is 3.85. The van der Waals surface area contributed by atoms with Gasteiger partial charge in [0, 0.05) is 42.0 Å². The van der Waals surface area contributed by atoms with E-state index >= 15 is 0 Å². The lowest BCUT2D eigenvalue weighted by Gasteiger charge is -2.42. The molecule has 0 bridgehead atoms. The van der Waals surface area contributed by atoms with E-state index in [-0.39, 0.29) is 24.8 Å². The van der Waals surface area contributed by atoms with Crippen molar-refractivity contribution in [2.75, 3.05) is 26.2 Å². The zero-order chi connectivity index (χ0) is 11.7. The Bertz CT molecular complexity index is 373. The molecule has 1 aromatic rings. The van der Waals surface area contributed by atoms with Crippen molar-refractivity contribution in [2.24, 2.45) is 5.92 Å². The van der Waals surface area contributed by atoms with Crippen molar-refractivity contribution >= 4 is 36.2 Å². The predicted octanol–water partition coefficient (Wildman–Crippen LogP) is 3.65. The highest BCUT2D eigenvalue weighted by Crippen LogP contribution is 2.43. The number of hydrogen-bond donors (Lipinski definition) is 1. The van der Waals surface area contributed by atoms with E-state index in [9.17, 15) is 0 Å². The summed E-state index contributed by atoms with van der Waals surface area (Å²) in [5.41, 5.74) is 0. The highest BCUT2D eigenvalue weighted by molar-refractivity contribution is 7.12. The second-order valence-electron chi connectivity index (χ2n) is 5.37. The summed E-state index contributed by atoms with van der Waals surface area (Å²) in [6.45, 7) is 6.99. The highest BCUT2D eigenvalue weighted by Gasteiger charge is 2.34. The lowest BCUT2D eigenvalue weighted by atomic mass is 9.78. The Balaban J connectivity index is 0.000000902. The zero-order valence-corrected chi connectivity index (χ0v) is 13.9. The molecule has 0 aromatic carbocycles. The van der Waals surface area contributed by atoms with E-state index in [1.54, 1.807) is 4.88 Å². The molecule has 1 saturated heterocycles. The first kappa shape index (κ1) is 17.3. The van der Waals surface area contributed by atoms with Crippen LogP contribution >= 0.6 is 36.2 Å². The van der Waals surface area contributed by atoms with Gasteiger partial charge in [-0.1, -0.05) is 6.42 Å². The van der Waals surface area contributed by atoms with Gasteiger partial charge < -0.3 is 5.32 Å². The maximum Gasteiger partial charge on any atom is 0.0470 e. The molecule has 1 aromatic heterocycles. The number of thiophene rings is 1. The van der Waals surface area contributed by atoms with E-state index in [0.29, 0.717) is 6.04 Å².